The fourth-order valence-electron chi connectivity index (χ4n) is 2.08. The van der Waals surface area contributed by atoms with E-state index in [1.807, 2.05) is 0 Å². The van der Waals surface area contributed by atoms with Crippen LogP contribution in [0.2, 0.25) is 0 Å². The predicted molar refractivity (Wildman–Crippen MR) is 130 cm³/mol. The smallest absolute Gasteiger partial charge is 0.319 e. The van der Waals surface area contributed by atoms with Gasteiger partial charge in [0, 0.05) is 0 Å². The number of hydrogen-bond acceptors (Lipinski definition) is 8. The number of benzene rings is 1. The maximum atomic E-state index is 13.8. The van der Waals surface area contributed by atoms with Crippen molar-refractivity contribution in [2.75, 3.05) is 26.3 Å². The lowest BCUT2D eigenvalue weighted by molar-refractivity contribution is -0.143. The molecule has 0 fully saturated rings. The molecular weight excluding hydrogens is 580 g/mol. The maximum absolute atomic E-state index is 13.8. The number of esters is 2. The molecule has 1 N–H and O–H groups in total. The molecule has 188 valence electrons. The number of aromatic nitrogens is 3. The van der Waals surface area contributed by atoms with E-state index in [1.165, 1.54) is 18.2 Å². The summed E-state index contributed by atoms with van der Waals surface area (Å²) >= 11 is 34.4. The number of rotatable bonds is 7. The Morgan fingerprint density at radius 1 is 0.853 bits per heavy atom. The topological polar surface area (TPSA) is 103 Å². The number of nitrogens with one attached hydrogen (secondary N) is 1. The van der Waals surface area contributed by atoms with E-state index >= 15 is 0 Å². The molecule has 0 bridgehead atoms. The molecule has 0 amide bonds. The minimum absolute atomic E-state index is 0.0344. The lowest BCUT2D eigenvalue weighted by atomic mass is 10.2. The van der Waals surface area contributed by atoms with Crippen molar-refractivity contribution in [1.82, 2.24) is 20.3 Å². The van der Waals surface area contributed by atoms with E-state index in [0.717, 1.165) is 0 Å². The van der Waals surface area contributed by atoms with Gasteiger partial charge in [-0.2, -0.15) is 0 Å². The Bertz CT molecular complexity index is 922. The van der Waals surface area contributed by atoms with Gasteiger partial charge in [0.2, 0.25) is 7.59 Å². The van der Waals surface area contributed by atoms with Gasteiger partial charge in [-0.15, -0.1) is 0 Å². The average molecular weight is 599 g/mol. The monoisotopic (exact) mass is 596 g/mol. The van der Waals surface area contributed by atoms with Gasteiger partial charge in [-0.25, -0.2) is 19.3 Å². The molecule has 0 unspecified atom stereocenters. The largest absolute Gasteiger partial charge is 0.465 e. The summed E-state index contributed by atoms with van der Waals surface area (Å²) in [6, 6.07) is 5.76. The zero-order valence-corrected chi connectivity index (χ0v) is 22.3. The first-order chi connectivity index (χ1) is 15.8. The molecule has 0 aliphatic carbocycles. The van der Waals surface area contributed by atoms with Crippen molar-refractivity contribution in [1.29, 1.82) is 0 Å². The van der Waals surface area contributed by atoms with Crippen molar-refractivity contribution in [3.8, 4) is 11.4 Å². The molecule has 0 saturated heterocycles. The SMILES string of the molecule is CCOC(=O)CNCC(=O)OCC.Fc1ccccc1-c1nc(C(Cl)(Cl)Cl)nc(C(Cl)(Cl)Cl)n1. The lowest BCUT2D eigenvalue weighted by Crippen LogP contribution is -2.30. The number of carbonyl (C=O) groups excluding carboxylic acids is 2. The van der Waals surface area contributed by atoms with E-state index in [1.54, 1.807) is 19.9 Å². The average Bonchev–Trinajstić information content (AvgIpc) is 2.73. The minimum atomic E-state index is -1.98. The van der Waals surface area contributed by atoms with E-state index in [0.29, 0.717) is 13.2 Å². The van der Waals surface area contributed by atoms with E-state index in [2.05, 4.69) is 29.7 Å². The van der Waals surface area contributed by atoms with E-state index in [9.17, 15) is 14.0 Å². The van der Waals surface area contributed by atoms with Crippen LogP contribution in [0, 0.1) is 5.82 Å². The van der Waals surface area contributed by atoms with E-state index < -0.39 is 13.4 Å². The molecule has 15 heteroatoms. The van der Waals surface area contributed by atoms with Gasteiger partial charge in [0.1, 0.15) is 5.82 Å². The molecule has 1 aromatic carbocycles. The van der Waals surface area contributed by atoms with Crippen LogP contribution in [0.1, 0.15) is 25.5 Å². The van der Waals surface area contributed by atoms with Crippen molar-refractivity contribution in [3.05, 3.63) is 41.7 Å². The molecule has 0 radical (unpaired) electrons. The summed E-state index contributed by atoms with van der Waals surface area (Å²) in [6.07, 6.45) is 0. The second-order valence-electron chi connectivity index (χ2n) is 6.00. The van der Waals surface area contributed by atoms with Gasteiger partial charge >= 0.3 is 11.9 Å². The van der Waals surface area contributed by atoms with Crippen LogP contribution in [0.25, 0.3) is 11.4 Å². The summed E-state index contributed by atoms with van der Waals surface area (Å²) in [5.74, 6) is -1.97. The van der Waals surface area contributed by atoms with Crippen LogP contribution in [-0.2, 0) is 26.6 Å². The quantitative estimate of drug-likeness (QED) is 0.350. The number of hydrogen-bond donors (Lipinski definition) is 1. The van der Waals surface area contributed by atoms with Gasteiger partial charge < -0.3 is 9.47 Å². The fraction of sp³-hybridized carbons (Fsp3) is 0.421. The molecule has 0 saturated carbocycles. The molecule has 1 heterocycles. The highest BCUT2D eigenvalue weighted by molar-refractivity contribution is 6.67. The molecule has 1 aromatic heterocycles. The maximum Gasteiger partial charge on any atom is 0.319 e. The normalized spacial score (nSPS) is 11.3. The summed E-state index contributed by atoms with van der Waals surface area (Å²) < 4.78 is 19.1. The Hall–Kier alpha value is -1.20. The van der Waals surface area contributed by atoms with Crippen LogP contribution in [-0.4, -0.2) is 53.2 Å². The van der Waals surface area contributed by atoms with Crippen molar-refractivity contribution in [3.63, 3.8) is 0 Å². The molecule has 8 nitrogen and oxygen atoms in total. The van der Waals surface area contributed by atoms with Crippen LogP contribution in [0.5, 0.6) is 0 Å². The molecule has 0 atom stereocenters. The highest BCUT2D eigenvalue weighted by Crippen LogP contribution is 2.40. The number of alkyl halides is 6. The fourth-order valence-corrected chi connectivity index (χ4v) is 2.59. The Morgan fingerprint density at radius 2 is 1.29 bits per heavy atom. The summed E-state index contributed by atoms with van der Waals surface area (Å²) in [4.78, 5) is 33.1. The third-order valence-electron chi connectivity index (χ3n) is 3.41. The molecule has 34 heavy (non-hydrogen) atoms. The standard InChI is InChI=1S/C11H4Cl6FN3.C8H15NO4/c12-10(13,14)8-19-7(5-3-1-2-4-6(5)18)20-9(21-8)11(15,16)17;1-3-12-7(10)5-9-6-8(11)13-4-2/h1-4H;9H,3-6H2,1-2H3. The van der Waals surface area contributed by atoms with Crippen LogP contribution >= 0.6 is 69.6 Å². The van der Waals surface area contributed by atoms with Crippen molar-refractivity contribution < 1.29 is 23.5 Å². The molecule has 0 aliphatic rings. The van der Waals surface area contributed by atoms with Gasteiger partial charge in [-0.1, -0.05) is 81.7 Å². The highest BCUT2D eigenvalue weighted by Gasteiger charge is 2.34. The Kier molecular flexibility index (Phi) is 13.0. The van der Waals surface area contributed by atoms with E-state index in [-0.39, 0.29) is 48.1 Å². The van der Waals surface area contributed by atoms with Crippen LogP contribution in [0.3, 0.4) is 0 Å². The van der Waals surface area contributed by atoms with Gasteiger partial charge in [0.25, 0.3) is 0 Å². The first-order valence-electron chi connectivity index (χ1n) is 9.46. The van der Waals surface area contributed by atoms with Crippen LogP contribution in [0.15, 0.2) is 24.3 Å². The van der Waals surface area contributed by atoms with Crippen LogP contribution in [0.4, 0.5) is 4.39 Å². The molecular formula is C19H19Cl6FN4O4. The van der Waals surface area contributed by atoms with Crippen molar-refractivity contribution in [2.24, 2.45) is 0 Å². The number of halogens is 7. The van der Waals surface area contributed by atoms with Gasteiger partial charge in [0.05, 0.1) is 31.9 Å². The number of nitrogens with zero attached hydrogens (tertiary/aromatic N) is 3. The minimum Gasteiger partial charge on any atom is -0.465 e. The number of ether oxygens (including phenoxy) is 2. The van der Waals surface area contributed by atoms with E-state index in [4.69, 9.17) is 69.6 Å². The molecule has 2 aromatic rings. The zero-order chi connectivity index (χ0) is 25.9. The van der Waals surface area contributed by atoms with Crippen molar-refractivity contribution in [2.45, 2.75) is 21.4 Å². The number of carbonyl (C=O) groups is 2. The lowest BCUT2D eigenvalue weighted by Gasteiger charge is -2.15. The summed E-state index contributed by atoms with van der Waals surface area (Å²) in [5, 5.41) is 2.61. The summed E-state index contributed by atoms with van der Waals surface area (Å²) in [6.45, 7) is 4.21. The molecule has 2 rings (SSSR count). The Labute approximate surface area is 225 Å². The zero-order valence-electron chi connectivity index (χ0n) is 17.8. The summed E-state index contributed by atoms with van der Waals surface area (Å²) in [5.41, 5.74) is 0.0610. The third kappa shape index (κ3) is 11.0. The second-order valence-corrected chi connectivity index (χ2v) is 10.6. The van der Waals surface area contributed by atoms with Gasteiger partial charge in [0.15, 0.2) is 17.5 Å². The third-order valence-corrected chi connectivity index (χ3v) is 4.42. The summed E-state index contributed by atoms with van der Waals surface area (Å²) in [7, 11) is 0. The van der Waals surface area contributed by atoms with Gasteiger partial charge in [-0.3, -0.25) is 14.9 Å². The Balaban J connectivity index is 0.000000385. The first kappa shape index (κ1) is 30.8. The first-order valence-corrected chi connectivity index (χ1v) is 11.7. The van der Waals surface area contributed by atoms with Crippen molar-refractivity contribution >= 4 is 81.5 Å². The second kappa shape index (κ2) is 14.4. The molecule has 0 spiro atoms. The highest BCUT2D eigenvalue weighted by atomic mass is 35.6. The van der Waals surface area contributed by atoms with Crippen LogP contribution < -0.4 is 5.32 Å². The molecule has 0 aliphatic heterocycles. The Morgan fingerprint density at radius 3 is 1.68 bits per heavy atom. The predicted octanol–water partition coefficient (Wildman–Crippen LogP) is 5.03. The van der Waals surface area contributed by atoms with Gasteiger partial charge in [-0.05, 0) is 26.0 Å².